The molecule has 0 aliphatic heterocycles. The lowest BCUT2D eigenvalue weighted by Gasteiger charge is -2.41. The largest absolute Gasteiger partial charge is 0.597 e. The van der Waals surface area contributed by atoms with Crippen LogP contribution in [0.2, 0.25) is 0 Å². The second kappa shape index (κ2) is 9.58. The molecule has 0 N–H and O–H groups in total. The quantitative estimate of drug-likeness (QED) is 0.559. The highest BCUT2D eigenvalue weighted by molar-refractivity contribution is 7.90. The number of methoxy groups -OCH3 is 2. The van der Waals surface area contributed by atoms with Crippen molar-refractivity contribution < 1.29 is 14.0 Å². The first-order valence-corrected chi connectivity index (χ1v) is 11.6. The summed E-state index contributed by atoms with van der Waals surface area (Å²) in [6, 6.07) is 6.00. The highest BCUT2D eigenvalue weighted by Crippen LogP contribution is 2.36. The molecule has 30 heavy (non-hydrogen) atoms. The van der Waals surface area contributed by atoms with E-state index >= 15 is 0 Å². The van der Waals surface area contributed by atoms with E-state index in [9.17, 15) is 4.55 Å². The molecule has 2 atom stereocenters. The minimum Gasteiger partial charge on any atom is -0.597 e. The van der Waals surface area contributed by atoms with Crippen LogP contribution >= 0.6 is 0 Å². The van der Waals surface area contributed by atoms with Crippen molar-refractivity contribution in [1.82, 2.24) is 19.3 Å². The van der Waals surface area contributed by atoms with Crippen LogP contribution in [0.1, 0.15) is 58.2 Å². The Morgan fingerprint density at radius 1 is 1.27 bits per heavy atom. The molecule has 7 nitrogen and oxygen atoms in total. The van der Waals surface area contributed by atoms with Gasteiger partial charge in [0.15, 0.2) is 0 Å². The predicted molar refractivity (Wildman–Crippen MR) is 119 cm³/mol. The van der Waals surface area contributed by atoms with E-state index in [1.165, 1.54) is 19.3 Å². The van der Waals surface area contributed by atoms with Crippen molar-refractivity contribution in [3.63, 3.8) is 0 Å². The van der Waals surface area contributed by atoms with Gasteiger partial charge >= 0.3 is 0 Å². The second-order valence-corrected chi connectivity index (χ2v) is 11.1. The molecule has 2 aromatic rings. The van der Waals surface area contributed by atoms with E-state index in [1.54, 1.807) is 18.9 Å². The van der Waals surface area contributed by atoms with E-state index in [-0.39, 0.29) is 10.8 Å². The Morgan fingerprint density at radius 2 is 2.00 bits per heavy atom. The molecule has 3 rings (SSSR count). The Morgan fingerprint density at radius 3 is 2.57 bits per heavy atom. The number of rotatable bonds is 9. The number of hydrogen-bond donors (Lipinski definition) is 0. The van der Waals surface area contributed by atoms with Gasteiger partial charge in [0, 0.05) is 23.0 Å². The summed E-state index contributed by atoms with van der Waals surface area (Å²) < 4.78 is 27.6. The summed E-state index contributed by atoms with van der Waals surface area (Å²) in [5, 5.41) is 8.66. The lowest BCUT2D eigenvalue weighted by Crippen LogP contribution is -2.50. The molecule has 0 saturated heterocycles. The minimum absolute atomic E-state index is 0.255. The van der Waals surface area contributed by atoms with E-state index in [0.717, 1.165) is 22.8 Å². The third-order valence-corrected chi connectivity index (χ3v) is 7.69. The predicted octanol–water partition coefficient (Wildman–Crippen LogP) is 3.80. The van der Waals surface area contributed by atoms with Gasteiger partial charge in [-0.3, -0.25) is 0 Å². The van der Waals surface area contributed by atoms with Gasteiger partial charge in [0.05, 0.1) is 39.5 Å². The lowest BCUT2D eigenvalue weighted by molar-refractivity contribution is 0.167. The van der Waals surface area contributed by atoms with Crippen LogP contribution in [0.25, 0.3) is 0 Å². The Kier molecular flexibility index (Phi) is 7.31. The van der Waals surface area contributed by atoms with Crippen LogP contribution in [-0.4, -0.2) is 48.9 Å². The summed E-state index contributed by atoms with van der Waals surface area (Å²) in [6.45, 7) is 9.34. The van der Waals surface area contributed by atoms with Crippen molar-refractivity contribution in [1.29, 1.82) is 0 Å². The number of nitrogens with zero attached hydrogens (tertiary/aromatic N) is 4. The van der Waals surface area contributed by atoms with Gasteiger partial charge in [-0.05, 0) is 58.6 Å². The van der Waals surface area contributed by atoms with Gasteiger partial charge in [-0.25, -0.2) is 4.68 Å². The molecular formula is C22H34N4O3S. The summed E-state index contributed by atoms with van der Waals surface area (Å²) in [7, 11) is 3.28. The molecular weight excluding hydrogens is 400 g/mol. The van der Waals surface area contributed by atoms with E-state index in [4.69, 9.17) is 9.47 Å². The molecule has 0 radical (unpaired) electrons. The van der Waals surface area contributed by atoms with Gasteiger partial charge in [-0.2, -0.15) is 0 Å². The van der Waals surface area contributed by atoms with Gasteiger partial charge in [-0.1, -0.05) is 11.6 Å². The van der Waals surface area contributed by atoms with Crippen LogP contribution in [0, 0.1) is 5.92 Å². The van der Waals surface area contributed by atoms with Gasteiger partial charge in [0.2, 0.25) is 0 Å². The first-order chi connectivity index (χ1) is 14.2. The molecule has 1 aromatic carbocycles. The van der Waals surface area contributed by atoms with E-state index in [2.05, 4.69) is 21.5 Å². The molecule has 1 saturated carbocycles. The zero-order valence-corrected chi connectivity index (χ0v) is 19.7. The van der Waals surface area contributed by atoms with Crippen LogP contribution in [-0.2, 0) is 24.5 Å². The van der Waals surface area contributed by atoms with E-state index in [1.807, 2.05) is 45.2 Å². The molecule has 1 heterocycles. The van der Waals surface area contributed by atoms with Crippen LogP contribution in [0.4, 0.5) is 0 Å². The summed E-state index contributed by atoms with van der Waals surface area (Å²) in [4.78, 5) is 0. The summed E-state index contributed by atoms with van der Waals surface area (Å²) in [6.07, 6.45) is 5.63. The van der Waals surface area contributed by atoms with Crippen molar-refractivity contribution in [2.24, 2.45) is 5.92 Å². The molecule has 0 bridgehead atoms. The summed E-state index contributed by atoms with van der Waals surface area (Å²) >= 11 is -1.11. The highest BCUT2D eigenvalue weighted by Gasteiger charge is 2.40. The van der Waals surface area contributed by atoms with Crippen LogP contribution in [0.3, 0.4) is 0 Å². The van der Waals surface area contributed by atoms with E-state index in [0.29, 0.717) is 19.0 Å². The van der Waals surface area contributed by atoms with Gasteiger partial charge in [0.25, 0.3) is 0 Å². The molecule has 1 aromatic heterocycles. The Bertz CT molecular complexity index is 832. The number of benzene rings is 1. The third kappa shape index (κ3) is 5.28. The second-order valence-electron chi connectivity index (χ2n) is 8.95. The van der Waals surface area contributed by atoms with Crippen molar-refractivity contribution in [3.05, 3.63) is 35.7 Å². The zero-order chi connectivity index (χ0) is 21.9. The smallest absolute Gasteiger partial charge is 0.137 e. The van der Waals surface area contributed by atoms with Crippen LogP contribution < -0.4 is 9.47 Å². The van der Waals surface area contributed by atoms with Crippen LogP contribution in [0.5, 0.6) is 11.5 Å². The molecule has 1 fully saturated rings. The Labute approximate surface area is 183 Å². The third-order valence-electron chi connectivity index (χ3n) is 5.75. The zero-order valence-electron chi connectivity index (χ0n) is 18.9. The van der Waals surface area contributed by atoms with Crippen LogP contribution in [0.15, 0.2) is 24.4 Å². The molecule has 1 aliphatic rings. The fraction of sp³-hybridized carbons (Fsp3) is 0.636. The summed E-state index contributed by atoms with van der Waals surface area (Å²) in [5.41, 5.74) is 1.82. The van der Waals surface area contributed by atoms with Gasteiger partial charge < -0.3 is 14.0 Å². The normalized spacial score (nSPS) is 16.9. The van der Waals surface area contributed by atoms with Crippen molar-refractivity contribution in [2.45, 2.75) is 70.8 Å². The standard InChI is InChI=1S/C22H34N4O3S/c1-16(17-8-7-9-17)26(30(27)22(2,3)4)15-19-14-25(24-23-19)13-18-10-11-20(28-5)12-21(18)29-6/h10-12,14,16-17H,7-9,13,15H2,1-6H3/t16-,30?/m1/s1. The monoisotopic (exact) mass is 434 g/mol. The fourth-order valence-electron chi connectivity index (χ4n) is 3.67. The summed E-state index contributed by atoms with van der Waals surface area (Å²) in [5.74, 6) is 2.11. The number of hydrogen-bond acceptors (Lipinski definition) is 6. The number of aromatic nitrogens is 3. The van der Waals surface area contributed by atoms with Gasteiger partial charge in [0.1, 0.15) is 21.9 Å². The lowest BCUT2D eigenvalue weighted by atomic mass is 9.80. The first-order valence-electron chi connectivity index (χ1n) is 10.5. The average molecular weight is 435 g/mol. The van der Waals surface area contributed by atoms with Crippen molar-refractivity contribution in [2.75, 3.05) is 14.2 Å². The molecule has 1 unspecified atom stereocenters. The molecule has 0 amide bonds. The van der Waals surface area contributed by atoms with Crippen molar-refractivity contribution in [3.8, 4) is 11.5 Å². The van der Waals surface area contributed by atoms with Gasteiger partial charge in [-0.15, -0.1) is 9.40 Å². The number of ether oxygens (including phenoxy) is 2. The average Bonchev–Trinajstić information content (AvgIpc) is 3.10. The SMILES string of the molecule is COc1ccc(Cn2cc(CN([C@H](C)C3CCC3)[S+]([O-])C(C)(C)C)nn2)c(OC)c1. The fourth-order valence-corrected chi connectivity index (χ4v) is 5.09. The molecule has 166 valence electrons. The first kappa shape index (κ1) is 22.9. The Balaban J connectivity index is 1.75. The maximum absolute atomic E-state index is 13.3. The maximum atomic E-state index is 13.3. The maximum Gasteiger partial charge on any atom is 0.137 e. The molecule has 0 spiro atoms. The highest BCUT2D eigenvalue weighted by atomic mass is 32.2. The Hall–Kier alpha value is -1.77. The van der Waals surface area contributed by atoms with Crippen molar-refractivity contribution >= 4 is 11.4 Å². The molecule has 8 heteroatoms. The van der Waals surface area contributed by atoms with E-state index < -0.39 is 11.4 Å². The topological polar surface area (TPSA) is 75.5 Å². The molecule has 1 aliphatic carbocycles. The minimum atomic E-state index is -1.11.